The maximum Gasteiger partial charge on any atom is 0.0900 e. The van der Waals surface area contributed by atoms with Crippen molar-refractivity contribution < 1.29 is 9.84 Å². The molecule has 1 rings (SSSR count). The second-order valence-corrected chi connectivity index (χ2v) is 3.71. The van der Waals surface area contributed by atoms with E-state index in [1.165, 1.54) is 0 Å². The highest BCUT2D eigenvalue weighted by atomic mass is 16.5. The van der Waals surface area contributed by atoms with Gasteiger partial charge in [0, 0.05) is 32.3 Å². The standard InChI is InChI=1S/C10H22N2O2/c1-3-12(9-5-11-6-9)7-10(13)8-14-4-2/h9-11,13H,3-8H2,1-2H3. The summed E-state index contributed by atoms with van der Waals surface area (Å²) in [6, 6.07) is 0.608. The fourth-order valence-electron chi connectivity index (χ4n) is 1.65. The van der Waals surface area contributed by atoms with Crippen LogP contribution in [0.2, 0.25) is 0 Å². The van der Waals surface area contributed by atoms with Gasteiger partial charge in [-0.1, -0.05) is 6.92 Å². The van der Waals surface area contributed by atoms with Crippen LogP contribution in [-0.2, 0) is 4.74 Å². The molecule has 0 aromatic heterocycles. The Morgan fingerprint density at radius 1 is 1.50 bits per heavy atom. The quantitative estimate of drug-likeness (QED) is 0.594. The van der Waals surface area contributed by atoms with Gasteiger partial charge in [-0.3, -0.25) is 4.90 Å². The molecular formula is C10H22N2O2. The van der Waals surface area contributed by atoms with E-state index >= 15 is 0 Å². The topological polar surface area (TPSA) is 44.7 Å². The Balaban J connectivity index is 2.17. The molecule has 84 valence electrons. The fraction of sp³-hybridized carbons (Fsp3) is 1.00. The summed E-state index contributed by atoms with van der Waals surface area (Å²) >= 11 is 0. The first kappa shape index (κ1) is 11.9. The Morgan fingerprint density at radius 2 is 2.21 bits per heavy atom. The lowest BCUT2D eigenvalue weighted by Gasteiger charge is -2.38. The summed E-state index contributed by atoms with van der Waals surface area (Å²) in [5.41, 5.74) is 0. The number of ether oxygens (including phenoxy) is 1. The van der Waals surface area contributed by atoms with Gasteiger partial charge in [0.25, 0.3) is 0 Å². The van der Waals surface area contributed by atoms with Crippen molar-refractivity contribution in [2.45, 2.75) is 26.0 Å². The molecule has 0 radical (unpaired) electrons. The molecule has 1 unspecified atom stereocenters. The van der Waals surface area contributed by atoms with Crippen LogP contribution in [0.15, 0.2) is 0 Å². The minimum absolute atomic E-state index is 0.351. The molecule has 4 nitrogen and oxygen atoms in total. The van der Waals surface area contributed by atoms with Gasteiger partial charge >= 0.3 is 0 Å². The van der Waals surface area contributed by atoms with Crippen molar-refractivity contribution in [1.29, 1.82) is 0 Å². The molecule has 1 atom stereocenters. The second-order valence-electron chi connectivity index (χ2n) is 3.71. The van der Waals surface area contributed by atoms with Crippen molar-refractivity contribution in [2.75, 3.05) is 39.4 Å². The number of hydrogen-bond acceptors (Lipinski definition) is 4. The predicted octanol–water partition coefficient (Wildman–Crippen LogP) is -0.322. The van der Waals surface area contributed by atoms with Crippen LogP contribution in [0, 0.1) is 0 Å². The monoisotopic (exact) mass is 202 g/mol. The average molecular weight is 202 g/mol. The number of aliphatic hydroxyl groups is 1. The summed E-state index contributed by atoms with van der Waals surface area (Å²) < 4.78 is 5.18. The van der Waals surface area contributed by atoms with Crippen molar-refractivity contribution in [2.24, 2.45) is 0 Å². The van der Waals surface area contributed by atoms with Crippen molar-refractivity contribution in [3.05, 3.63) is 0 Å². The summed E-state index contributed by atoms with van der Waals surface area (Å²) in [5.74, 6) is 0. The van der Waals surface area contributed by atoms with Gasteiger partial charge in [0.1, 0.15) is 0 Å². The second kappa shape index (κ2) is 6.35. The van der Waals surface area contributed by atoms with E-state index < -0.39 is 0 Å². The van der Waals surface area contributed by atoms with E-state index in [1.807, 2.05) is 6.92 Å². The molecule has 1 aliphatic rings. The summed E-state index contributed by atoms with van der Waals surface area (Å²) in [6.07, 6.45) is -0.351. The molecule has 0 saturated carbocycles. The molecule has 0 amide bonds. The van der Waals surface area contributed by atoms with Crippen molar-refractivity contribution in [1.82, 2.24) is 10.2 Å². The first-order chi connectivity index (χ1) is 6.77. The van der Waals surface area contributed by atoms with Crippen LogP contribution in [0.3, 0.4) is 0 Å². The zero-order valence-corrected chi connectivity index (χ0v) is 9.20. The van der Waals surface area contributed by atoms with Crippen LogP contribution in [0.5, 0.6) is 0 Å². The Hall–Kier alpha value is -0.160. The molecule has 4 heteroatoms. The van der Waals surface area contributed by atoms with E-state index in [4.69, 9.17) is 4.74 Å². The molecule has 2 N–H and O–H groups in total. The molecule has 0 aliphatic carbocycles. The minimum Gasteiger partial charge on any atom is -0.389 e. The van der Waals surface area contributed by atoms with Gasteiger partial charge in [-0.25, -0.2) is 0 Å². The molecule has 14 heavy (non-hydrogen) atoms. The lowest BCUT2D eigenvalue weighted by molar-refractivity contribution is 0.00775. The van der Waals surface area contributed by atoms with Gasteiger partial charge in [0.05, 0.1) is 12.7 Å². The number of nitrogens with zero attached hydrogens (tertiary/aromatic N) is 1. The van der Waals surface area contributed by atoms with E-state index in [0.29, 0.717) is 19.3 Å². The summed E-state index contributed by atoms with van der Waals surface area (Å²) in [5, 5.41) is 12.9. The zero-order chi connectivity index (χ0) is 10.4. The first-order valence-electron chi connectivity index (χ1n) is 5.48. The SMILES string of the molecule is CCOCC(O)CN(CC)C1CNC1. The lowest BCUT2D eigenvalue weighted by atomic mass is 10.1. The van der Waals surface area contributed by atoms with Crippen LogP contribution in [0.25, 0.3) is 0 Å². The van der Waals surface area contributed by atoms with Crippen molar-refractivity contribution in [3.63, 3.8) is 0 Å². The smallest absolute Gasteiger partial charge is 0.0900 e. The van der Waals surface area contributed by atoms with Crippen LogP contribution in [0.4, 0.5) is 0 Å². The van der Waals surface area contributed by atoms with E-state index in [0.717, 1.165) is 26.2 Å². The average Bonchev–Trinajstić information content (AvgIpc) is 2.10. The van der Waals surface area contributed by atoms with E-state index in [1.54, 1.807) is 0 Å². The highest BCUT2D eigenvalue weighted by molar-refractivity contribution is 4.84. The number of hydrogen-bond donors (Lipinski definition) is 2. The highest BCUT2D eigenvalue weighted by Gasteiger charge is 2.24. The zero-order valence-electron chi connectivity index (χ0n) is 9.20. The maximum absolute atomic E-state index is 9.66. The maximum atomic E-state index is 9.66. The Kier molecular flexibility index (Phi) is 5.40. The Morgan fingerprint density at radius 3 is 2.64 bits per heavy atom. The number of nitrogens with one attached hydrogen (secondary N) is 1. The molecular weight excluding hydrogens is 180 g/mol. The van der Waals surface area contributed by atoms with Gasteiger partial charge in [-0.2, -0.15) is 0 Å². The van der Waals surface area contributed by atoms with Crippen LogP contribution in [0.1, 0.15) is 13.8 Å². The number of likely N-dealkylation sites (N-methyl/N-ethyl adjacent to an activating group) is 1. The van der Waals surface area contributed by atoms with Gasteiger partial charge in [-0.05, 0) is 13.5 Å². The number of aliphatic hydroxyl groups excluding tert-OH is 1. The van der Waals surface area contributed by atoms with Gasteiger partial charge in [0.15, 0.2) is 0 Å². The van der Waals surface area contributed by atoms with Gasteiger partial charge < -0.3 is 15.2 Å². The molecule has 1 aliphatic heterocycles. The van der Waals surface area contributed by atoms with Crippen LogP contribution in [-0.4, -0.2) is 61.5 Å². The summed E-state index contributed by atoms with van der Waals surface area (Å²) in [6.45, 7) is 9.02. The third kappa shape index (κ3) is 3.53. The number of rotatable bonds is 7. The fourth-order valence-corrected chi connectivity index (χ4v) is 1.65. The Bertz CT molecular complexity index is 151. The molecule has 1 fully saturated rings. The van der Waals surface area contributed by atoms with Crippen molar-refractivity contribution in [3.8, 4) is 0 Å². The third-order valence-corrected chi connectivity index (χ3v) is 2.64. The van der Waals surface area contributed by atoms with E-state index in [-0.39, 0.29) is 6.10 Å². The summed E-state index contributed by atoms with van der Waals surface area (Å²) in [7, 11) is 0. The minimum atomic E-state index is -0.351. The Labute approximate surface area is 86.2 Å². The van der Waals surface area contributed by atoms with Crippen molar-refractivity contribution >= 4 is 0 Å². The first-order valence-corrected chi connectivity index (χ1v) is 5.48. The molecule has 0 aromatic carbocycles. The third-order valence-electron chi connectivity index (χ3n) is 2.64. The molecule has 1 heterocycles. The predicted molar refractivity (Wildman–Crippen MR) is 56.4 cm³/mol. The summed E-state index contributed by atoms with van der Waals surface area (Å²) in [4.78, 5) is 2.31. The largest absolute Gasteiger partial charge is 0.389 e. The van der Waals surface area contributed by atoms with E-state index in [9.17, 15) is 5.11 Å². The molecule has 0 aromatic rings. The molecule has 1 saturated heterocycles. The van der Waals surface area contributed by atoms with Gasteiger partial charge in [0.2, 0.25) is 0 Å². The van der Waals surface area contributed by atoms with Gasteiger partial charge in [-0.15, -0.1) is 0 Å². The van der Waals surface area contributed by atoms with E-state index in [2.05, 4.69) is 17.1 Å². The normalized spacial score (nSPS) is 19.7. The molecule has 0 spiro atoms. The van der Waals surface area contributed by atoms with Crippen LogP contribution < -0.4 is 5.32 Å². The molecule has 0 bridgehead atoms. The highest BCUT2D eigenvalue weighted by Crippen LogP contribution is 2.05. The lowest BCUT2D eigenvalue weighted by Crippen LogP contribution is -2.58. The van der Waals surface area contributed by atoms with Crippen LogP contribution >= 0.6 is 0 Å².